The van der Waals surface area contributed by atoms with Crippen molar-refractivity contribution in [1.29, 1.82) is 0 Å². The van der Waals surface area contributed by atoms with Crippen LogP contribution in [0.5, 0.6) is 5.75 Å². The molecule has 1 aromatic heterocycles. The largest absolute Gasteiger partial charge is 0.494 e. The summed E-state index contributed by atoms with van der Waals surface area (Å²) in [6, 6.07) is 70.9. The fraction of sp³-hybridized carbons (Fsp3) is 0.221. The third kappa shape index (κ3) is 9.82. The van der Waals surface area contributed by atoms with Crippen LogP contribution in [-0.2, 0) is 5.41 Å². The van der Waals surface area contributed by atoms with Crippen LogP contribution < -0.4 is 9.64 Å². The summed E-state index contributed by atoms with van der Waals surface area (Å²) in [6.45, 7) is 8.66. The van der Waals surface area contributed by atoms with Crippen LogP contribution in [0.4, 0.5) is 11.4 Å². The van der Waals surface area contributed by atoms with Crippen LogP contribution in [0.3, 0.4) is 0 Å². The summed E-state index contributed by atoms with van der Waals surface area (Å²) in [5.74, 6) is 2.26. The molecular weight excluding hydrogens is 969 g/mol. The molecule has 1 heterocycles. The molecule has 13 rings (SSSR count). The second-order valence-electron chi connectivity index (χ2n) is 22.7. The second-order valence-corrected chi connectivity index (χ2v) is 22.7. The Hall–Kier alpha value is -8.40. The number of anilines is 2. The SMILES string of the molecule is C=Cc1ccc(-c2ccc(OCCCCCCC3(c4ccccc4)c4cc(N(c5ccc(-c6ccc7c(c6)c6cc(C8=CCC(C=C)C=C8)ccc6n7-c6ccccc6)cc5)C5C=CCCC5)ccc4C4CCC=CC43)cc2)cc1. The smallest absolute Gasteiger partial charge is 0.119 e. The van der Waals surface area contributed by atoms with Gasteiger partial charge in [-0.2, -0.15) is 0 Å². The lowest BCUT2D eigenvalue weighted by Crippen LogP contribution is -2.35. The third-order valence-electron chi connectivity index (χ3n) is 18.1. The van der Waals surface area contributed by atoms with E-state index in [1.165, 1.54) is 103 Å². The summed E-state index contributed by atoms with van der Waals surface area (Å²) in [4.78, 5) is 2.66. The lowest BCUT2D eigenvalue weighted by molar-refractivity contribution is 0.296. The second kappa shape index (κ2) is 22.8. The summed E-state index contributed by atoms with van der Waals surface area (Å²) in [7, 11) is 0. The first-order valence-electron chi connectivity index (χ1n) is 29.6. The minimum atomic E-state index is -0.113. The number of aromatic nitrogens is 1. The predicted octanol–water partition coefficient (Wildman–Crippen LogP) is 20.5. The molecule has 0 bridgehead atoms. The molecule has 4 aliphatic rings. The van der Waals surface area contributed by atoms with E-state index in [1.54, 1.807) is 5.56 Å². The van der Waals surface area contributed by atoms with Gasteiger partial charge in [-0.25, -0.2) is 0 Å². The van der Waals surface area contributed by atoms with E-state index in [2.05, 4.69) is 253 Å². The number of fused-ring (bicyclic) bond motifs is 6. The molecule has 9 aromatic rings. The number of benzene rings is 8. The van der Waals surface area contributed by atoms with Crippen LogP contribution in [0.1, 0.15) is 104 Å². The van der Waals surface area contributed by atoms with E-state index in [9.17, 15) is 0 Å². The van der Waals surface area contributed by atoms with E-state index in [-0.39, 0.29) is 11.5 Å². The number of ether oxygens (including phenoxy) is 1. The Kier molecular flexibility index (Phi) is 14.5. The normalized spacial score (nSPS) is 20.1. The van der Waals surface area contributed by atoms with Crippen molar-refractivity contribution in [3.05, 3.63) is 278 Å². The molecule has 5 atom stereocenters. The molecule has 0 spiro atoms. The molecule has 0 saturated carbocycles. The van der Waals surface area contributed by atoms with Crippen molar-refractivity contribution in [3.8, 4) is 33.7 Å². The van der Waals surface area contributed by atoms with Crippen LogP contribution in [-0.4, -0.2) is 17.2 Å². The zero-order chi connectivity index (χ0) is 53.8. The van der Waals surface area contributed by atoms with E-state index in [0.29, 0.717) is 17.8 Å². The van der Waals surface area contributed by atoms with Crippen molar-refractivity contribution >= 4 is 44.8 Å². The van der Waals surface area contributed by atoms with Crippen LogP contribution in [0.15, 0.2) is 250 Å². The van der Waals surface area contributed by atoms with Gasteiger partial charge in [0.25, 0.3) is 0 Å². The first kappa shape index (κ1) is 51.1. The van der Waals surface area contributed by atoms with Gasteiger partial charge in [0.2, 0.25) is 0 Å². The highest BCUT2D eigenvalue weighted by Crippen LogP contribution is 2.60. The van der Waals surface area contributed by atoms with Gasteiger partial charge in [-0.05, 0) is 198 Å². The molecule has 0 N–H and O–H groups in total. The van der Waals surface area contributed by atoms with Gasteiger partial charge < -0.3 is 14.2 Å². The van der Waals surface area contributed by atoms with Crippen LogP contribution in [0.25, 0.3) is 61.4 Å². The molecule has 0 aliphatic heterocycles. The molecule has 4 aliphatic carbocycles. The van der Waals surface area contributed by atoms with E-state index in [4.69, 9.17) is 4.74 Å². The highest BCUT2D eigenvalue weighted by atomic mass is 16.5. The van der Waals surface area contributed by atoms with Crippen molar-refractivity contribution in [2.24, 2.45) is 11.8 Å². The molecule has 8 aromatic carbocycles. The topological polar surface area (TPSA) is 17.4 Å². The van der Waals surface area contributed by atoms with Gasteiger partial charge in [0.05, 0.1) is 23.7 Å². The quantitative estimate of drug-likeness (QED) is 0.0629. The lowest BCUT2D eigenvalue weighted by atomic mass is 9.63. The number of para-hydroxylation sites is 1. The third-order valence-corrected chi connectivity index (χ3v) is 18.1. The van der Waals surface area contributed by atoms with E-state index >= 15 is 0 Å². The van der Waals surface area contributed by atoms with Crippen LogP contribution >= 0.6 is 0 Å². The van der Waals surface area contributed by atoms with Crippen molar-refractivity contribution < 1.29 is 4.74 Å². The minimum absolute atomic E-state index is 0.113. The first-order chi connectivity index (χ1) is 39.6. The van der Waals surface area contributed by atoms with Crippen molar-refractivity contribution in [1.82, 2.24) is 4.57 Å². The Morgan fingerprint density at radius 2 is 1.25 bits per heavy atom. The molecule has 5 unspecified atom stereocenters. The van der Waals surface area contributed by atoms with Gasteiger partial charge >= 0.3 is 0 Å². The molecule has 0 radical (unpaired) electrons. The molecule has 0 fully saturated rings. The fourth-order valence-electron chi connectivity index (χ4n) is 14.0. The van der Waals surface area contributed by atoms with Crippen molar-refractivity contribution in [3.63, 3.8) is 0 Å². The van der Waals surface area contributed by atoms with Gasteiger partial charge in [0.15, 0.2) is 0 Å². The number of allylic oxidation sites excluding steroid dienone is 8. The maximum Gasteiger partial charge on any atom is 0.119 e. The Morgan fingerprint density at radius 1 is 0.588 bits per heavy atom. The fourth-order valence-corrected chi connectivity index (χ4v) is 14.0. The Balaban J connectivity index is 0.788. The molecule has 80 heavy (non-hydrogen) atoms. The summed E-state index contributed by atoms with van der Waals surface area (Å²) in [5, 5.41) is 2.53. The van der Waals surface area contributed by atoms with Crippen molar-refractivity contribution in [2.45, 2.75) is 88.0 Å². The summed E-state index contributed by atoms with van der Waals surface area (Å²) in [5.41, 5.74) is 19.1. The van der Waals surface area contributed by atoms with Gasteiger partial charge in [-0.3, -0.25) is 0 Å². The zero-order valence-electron chi connectivity index (χ0n) is 46.1. The summed E-state index contributed by atoms with van der Waals surface area (Å²) >= 11 is 0. The Labute approximate surface area is 474 Å². The first-order valence-corrected chi connectivity index (χ1v) is 29.6. The number of hydrogen-bond acceptors (Lipinski definition) is 2. The number of rotatable bonds is 18. The highest BCUT2D eigenvalue weighted by molar-refractivity contribution is 6.11. The van der Waals surface area contributed by atoms with Gasteiger partial charge in [-0.1, -0.05) is 196 Å². The number of nitrogens with zero attached hydrogens (tertiary/aromatic N) is 2. The number of unbranched alkanes of at least 4 members (excludes halogenated alkanes) is 3. The van der Waals surface area contributed by atoms with Gasteiger partial charge in [0, 0.05) is 33.2 Å². The van der Waals surface area contributed by atoms with E-state index in [0.717, 1.165) is 69.3 Å². The standard InChI is InChI=1S/C77H72N2O/c1-3-55-28-32-57(33-29-55)58-38-45-68(46-39-58)80-51-19-6-5-18-50-77(63-20-10-7-11-21-63)73-27-17-16-26-69(73)70-47-44-67(54-74(70)77)78(64-22-12-8-13-23-64)66-42-36-60(37-43-66)62-41-49-76-72(53-62)71-52-61(59-34-30-56(4-2)31-35-59)40-48-75(71)79(76)65-24-14-9-15-25-65/h3-4,7,9-12,14-15,17,20-22,24-25,27-30,32-49,52-54,56,64,69,73H,1-2,5-6,8,13,16,18-19,23,26,31,50-51H2. The average Bonchev–Trinajstić information content (AvgIpc) is 3.88. The lowest BCUT2D eigenvalue weighted by Gasteiger charge is -2.40. The van der Waals surface area contributed by atoms with Gasteiger partial charge in [0.1, 0.15) is 5.75 Å². The Morgan fingerprint density at radius 3 is 1.96 bits per heavy atom. The maximum absolute atomic E-state index is 6.30. The van der Waals surface area contributed by atoms with E-state index < -0.39 is 0 Å². The van der Waals surface area contributed by atoms with Gasteiger partial charge in [-0.15, -0.1) is 6.58 Å². The molecule has 396 valence electrons. The summed E-state index contributed by atoms with van der Waals surface area (Å²) < 4.78 is 8.73. The summed E-state index contributed by atoms with van der Waals surface area (Å²) in [6.07, 6.45) is 33.2. The molecule has 3 nitrogen and oxygen atoms in total. The molecule has 3 heteroatoms. The average molecular weight is 1040 g/mol. The zero-order valence-corrected chi connectivity index (χ0v) is 46.1. The maximum atomic E-state index is 6.30. The molecular formula is C77H72N2O. The monoisotopic (exact) mass is 1040 g/mol. The predicted molar refractivity (Wildman–Crippen MR) is 339 cm³/mol. The molecule has 0 amide bonds. The minimum Gasteiger partial charge on any atom is -0.494 e. The highest BCUT2D eigenvalue weighted by Gasteiger charge is 2.52. The number of hydrogen-bond donors (Lipinski definition) is 0. The van der Waals surface area contributed by atoms with Crippen LogP contribution in [0.2, 0.25) is 0 Å². The van der Waals surface area contributed by atoms with Crippen molar-refractivity contribution in [2.75, 3.05) is 11.5 Å². The van der Waals surface area contributed by atoms with E-state index in [1.807, 2.05) is 12.2 Å². The molecule has 0 saturated heterocycles. The van der Waals surface area contributed by atoms with Crippen LogP contribution in [0, 0.1) is 11.8 Å². The Bertz CT molecular complexity index is 3800.